The van der Waals surface area contributed by atoms with Crippen LogP contribution in [0.2, 0.25) is 0 Å². The summed E-state index contributed by atoms with van der Waals surface area (Å²) < 4.78 is 6.82. The molecule has 0 fully saturated rings. The van der Waals surface area contributed by atoms with Gasteiger partial charge in [-0.1, -0.05) is 18.2 Å². The standard InChI is InChI=1S/C12H18NO/c1-13(2,3)9-11-8-10-6-4-5-7-12(10)14-11/h4-7,11H,8-9H2,1-3H3/q+1/t11-/m0/s1. The number of hydrogen-bond acceptors (Lipinski definition) is 1. The van der Waals surface area contributed by atoms with E-state index in [1.54, 1.807) is 0 Å². The zero-order valence-corrected chi connectivity index (χ0v) is 9.16. The molecule has 2 rings (SSSR count). The van der Waals surface area contributed by atoms with Crippen molar-refractivity contribution < 1.29 is 9.22 Å². The number of nitrogens with zero attached hydrogens (tertiary/aromatic N) is 1. The molecule has 1 aliphatic rings. The lowest BCUT2D eigenvalue weighted by atomic mass is 10.1. The number of likely N-dealkylation sites (N-methyl/N-ethyl adjacent to an activating group) is 1. The molecule has 14 heavy (non-hydrogen) atoms. The van der Waals surface area contributed by atoms with Crippen LogP contribution in [-0.2, 0) is 6.42 Å². The van der Waals surface area contributed by atoms with Crippen LogP contribution in [-0.4, -0.2) is 38.3 Å². The van der Waals surface area contributed by atoms with Gasteiger partial charge in [-0.05, 0) is 11.6 Å². The molecule has 1 aliphatic heterocycles. The maximum absolute atomic E-state index is 5.87. The molecule has 0 aromatic heterocycles. The quantitative estimate of drug-likeness (QED) is 0.648. The van der Waals surface area contributed by atoms with Gasteiger partial charge in [0.15, 0.2) is 6.10 Å². The van der Waals surface area contributed by atoms with E-state index in [2.05, 4.69) is 39.3 Å². The van der Waals surface area contributed by atoms with Crippen LogP contribution in [0.3, 0.4) is 0 Å². The zero-order chi connectivity index (χ0) is 10.2. The number of ether oxygens (including phenoxy) is 1. The first-order valence-electron chi connectivity index (χ1n) is 5.10. The van der Waals surface area contributed by atoms with E-state index in [1.807, 2.05) is 6.07 Å². The van der Waals surface area contributed by atoms with E-state index in [0.717, 1.165) is 23.2 Å². The first-order valence-corrected chi connectivity index (χ1v) is 5.10. The summed E-state index contributed by atoms with van der Waals surface area (Å²) in [5, 5.41) is 0. The summed E-state index contributed by atoms with van der Waals surface area (Å²) in [5.41, 5.74) is 1.35. The van der Waals surface area contributed by atoms with Gasteiger partial charge in [-0.2, -0.15) is 0 Å². The van der Waals surface area contributed by atoms with Crippen molar-refractivity contribution >= 4 is 0 Å². The van der Waals surface area contributed by atoms with Crippen LogP contribution in [0.25, 0.3) is 0 Å². The van der Waals surface area contributed by atoms with Crippen LogP contribution in [0.4, 0.5) is 0 Å². The van der Waals surface area contributed by atoms with Crippen molar-refractivity contribution in [1.29, 1.82) is 0 Å². The maximum Gasteiger partial charge on any atom is 0.151 e. The number of hydrogen-bond donors (Lipinski definition) is 0. The molecular formula is C12H18NO+. The molecular weight excluding hydrogens is 174 g/mol. The second-order valence-electron chi connectivity index (χ2n) is 5.02. The molecule has 0 radical (unpaired) electrons. The number of para-hydroxylation sites is 1. The van der Waals surface area contributed by atoms with Gasteiger partial charge in [-0.25, -0.2) is 0 Å². The Bertz CT molecular complexity index is 302. The Hall–Kier alpha value is -1.02. The van der Waals surface area contributed by atoms with Gasteiger partial charge in [-0.3, -0.25) is 0 Å². The molecule has 76 valence electrons. The number of quaternary nitrogens is 1. The van der Waals surface area contributed by atoms with Crippen LogP contribution in [0.15, 0.2) is 24.3 Å². The number of fused-ring (bicyclic) bond motifs is 1. The van der Waals surface area contributed by atoms with Gasteiger partial charge in [0.05, 0.1) is 21.1 Å². The first kappa shape index (κ1) is 9.53. The normalized spacial score (nSPS) is 20.4. The van der Waals surface area contributed by atoms with Gasteiger partial charge in [-0.15, -0.1) is 0 Å². The third-order valence-corrected chi connectivity index (χ3v) is 2.47. The highest BCUT2D eigenvalue weighted by atomic mass is 16.5. The Labute approximate surface area is 85.7 Å². The largest absolute Gasteiger partial charge is 0.484 e. The molecule has 1 heterocycles. The summed E-state index contributed by atoms with van der Waals surface area (Å²) in [5.74, 6) is 1.07. The molecule has 1 atom stereocenters. The van der Waals surface area contributed by atoms with Gasteiger partial charge in [0.2, 0.25) is 0 Å². The second-order valence-corrected chi connectivity index (χ2v) is 5.02. The zero-order valence-electron chi connectivity index (χ0n) is 9.16. The van der Waals surface area contributed by atoms with Gasteiger partial charge < -0.3 is 9.22 Å². The summed E-state index contributed by atoms with van der Waals surface area (Å²) in [7, 11) is 6.60. The summed E-state index contributed by atoms with van der Waals surface area (Å²) in [6.07, 6.45) is 1.42. The molecule has 0 saturated heterocycles. The van der Waals surface area contributed by atoms with E-state index >= 15 is 0 Å². The Morgan fingerprint density at radius 1 is 1.29 bits per heavy atom. The Kier molecular flexibility index (Phi) is 2.23. The lowest BCUT2D eigenvalue weighted by molar-refractivity contribution is -0.873. The minimum absolute atomic E-state index is 0.354. The maximum atomic E-state index is 5.87. The highest BCUT2D eigenvalue weighted by Gasteiger charge is 2.27. The van der Waals surface area contributed by atoms with E-state index < -0.39 is 0 Å². The Balaban J connectivity index is 2.05. The molecule has 2 nitrogen and oxygen atoms in total. The molecule has 0 amide bonds. The minimum Gasteiger partial charge on any atom is -0.484 e. The van der Waals surface area contributed by atoms with E-state index in [-0.39, 0.29) is 0 Å². The molecule has 0 aliphatic carbocycles. The van der Waals surface area contributed by atoms with Gasteiger partial charge in [0.25, 0.3) is 0 Å². The third-order valence-electron chi connectivity index (χ3n) is 2.47. The average molecular weight is 192 g/mol. The van der Waals surface area contributed by atoms with Crippen LogP contribution < -0.4 is 4.74 Å². The molecule has 0 bridgehead atoms. The molecule has 2 heteroatoms. The predicted molar refractivity (Wildman–Crippen MR) is 57.5 cm³/mol. The fourth-order valence-corrected chi connectivity index (χ4v) is 1.97. The average Bonchev–Trinajstić information content (AvgIpc) is 2.42. The summed E-state index contributed by atoms with van der Waals surface area (Å²) in [6.45, 7) is 1.06. The molecule has 0 unspecified atom stereocenters. The Morgan fingerprint density at radius 2 is 2.00 bits per heavy atom. The fourth-order valence-electron chi connectivity index (χ4n) is 1.97. The van der Waals surface area contributed by atoms with Crippen molar-refractivity contribution in [2.24, 2.45) is 0 Å². The van der Waals surface area contributed by atoms with E-state index in [9.17, 15) is 0 Å². The monoisotopic (exact) mass is 192 g/mol. The van der Waals surface area contributed by atoms with Gasteiger partial charge in [0, 0.05) is 6.42 Å². The smallest absolute Gasteiger partial charge is 0.151 e. The van der Waals surface area contributed by atoms with Crippen molar-refractivity contribution in [2.75, 3.05) is 27.7 Å². The SMILES string of the molecule is C[N+](C)(C)C[C@@H]1Cc2ccccc2O1. The van der Waals surface area contributed by atoms with E-state index in [1.165, 1.54) is 5.56 Å². The van der Waals surface area contributed by atoms with Crippen molar-refractivity contribution in [3.8, 4) is 5.75 Å². The summed E-state index contributed by atoms with van der Waals surface area (Å²) >= 11 is 0. The van der Waals surface area contributed by atoms with Crippen molar-refractivity contribution in [1.82, 2.24) is 0 Å². The molecule has 1 aromatic carbocycles. The first-order chi connectivity index (χ1) is 6.54. The number of benzene rings is 1. The molecule has 0 spiro atoms. The second kappa shape index (κ2) is 3.28. The van der Waals surface area contributed by atoms with Crippen LogP contribution in [0.1, 0.15) is 5.56 Å². The lowest BCUT2D eigenvalue weighted by Crippen LogP contribution is -2.43. The van der Waals surface area contributed by atoms with Crippen molar-refractivity contribution in [2.45, 2.75) is 12.5 Å². The minimum atomic E-state index is 0.354. The molecule has 0 saturated carbocycles. The van der Waals surface area contributed by atoms with Crippen LogP contribution in [0, 0.1) is 0 Å². The molecule has 1 aromatic rings. The third kappa shape index (κ3) is 2.07. The lowest BCUT2D eigenvalue weighted by Gasteiger charge is -2.26. The molecule has 0 N–H and O–H groups in total. The van der Waals surface area contributed by atoms with Crippen molar-refractivity contribution in [3.63, 3.8) is 0 Å². The summed E-state index contributed by atoms with van der Waals surface area (Å²) in [6, 6.07) is 8.33. The van der Waals surface area contributed by atoms with Crippen LogP contribution in [0.5, 0.6) is 5.75 Å². The highest BCUT2D eigenvalue weighted by molar-refractivity contribution is 5.37. The number of rotatable bonds is 2. The topological polar surface area (TPSA) is 9.23 Å². The predicted octanol–water partition coefficient (Wildman–Crippen LogP) is 1.70. The van der Waals surface area contributed by atoms with E-state index in [4.69, 9.17) is 4.74 Å². The van der Waals surface area contributed by atoms with Gasteiger partial charge >= 0.3 is 0 Å². The van der Waals surface area contributed by atoms with E-state index in [0.29, 0.717) is 6.10 Å². The Morgan fingerprint density at radius 3 is 2.64 bits per heavy atom. The van der Waals surface area contributed by atoms with Gasteiger partial charge in [0.1, 0.15) is 12.3 Å². The highest BCUT2D eigenvalue weighted by Crippen LogP contribution is 2.28. The van der Waals surface area contributed by atoms with Crippen LogP contribution >= 0.6 is 0 Å². The fraction of sp³-hybridized carbons (Fsp3) is 0.500. The summed E-state index contributed by atoms with van der Waals surface area (Å²) in [4.78, 5) is 0. The van der Waals surface area contributed by atoms with Crippen molar-refractivity contribution in [3.05, 3.63) is 29.8 Å².